The fraction of sp³-hybridized carbons (Fsp3) is 0.800. The third kappa shape index (κ3) is 2.15. The van der Waals surface area contributed by atoms with Gasteiger partial charge < -0.3 is 29.2 Å². The summed E-state index contributed by atoms with van der Waals surface area (Å²) in [5, 5.41) is 22.6. The molecule has 2 aliphatic carbocycles. The Morgan fingerprint density at radius 3 is 2.79 bits per heavy atom. The Labute approximate surface area is 162 Å². The molecular formula is C20H26O8. The quantitative estimate of drug-likeness (QED) is 0.399. The lowest BCUT2D eigenvalue weighted by molar-refractivity contribution is -0.220. The standard InChI is InChI=1S/C20H26O8/c1-8(2)5-11(21)26-10-6-19(23)7-25-20(24)15(19)13(18(4)17(20)28-18)14-12(10)9(3)16(22)27-14/h8,10,12-15,17,23-24H,3,5-7H2,1-2,4H3/t10-,12+,13-,14+,15+,17+,18+,19+,20+/m1/s1. The van der Waals surface area contributed by atoms with Gasteiger partial charge in [-0.25, -0.2) is 4.79 Å². The fourth-order valence-corrected chi connectivity index (χ4v) is 6.12. The molecule has 2 N–H and O–H groups in total. The zero-order valence-electron chi connectivity index (χ0n) is 16.2. The van der Waals surface area contributed by atoms with Crippen molar-refractivity contribution in [2.24, 2.45) is 23.7 Å². The van der Waals surface area contributed by atoms with Gasteiger partial charge in [0.15, 0.2) is 0 Å². The van der Waals surface area contributed by atoms with Crippen LogP contribution >= 0.6 is 0 Å². The van der Waals surface area contributed by atoms with Gasteiger partial charge in [-0.2, -0.15) is 0 Å². The highest BCUT2D eigenvalue weighted by molar-refractivity contribution is 5.91. The SMILES string of the molecule is C=C1C(=O)O[C@H]2[C@@H]1[C@H](OC(=O)CC(C)C)C[C@]1(O)CO[C@@]3(O)[C@H]1[C@@H]2[C@]1(C)O[C@@H]13. The minimum atomic E-state index is -1.65. The first-order valence-corrected chi connectivity index (χ1v) is 9.87. The zero-order chi connectivity index (χ0) is 20.2. The Morgan fingerprint density at radius 2 is 2.11 bits per heavy atom. The number of fused-ring (bicyclic) bond motifs is 5. The van der Waals surface area contributed by atoms with Crippen molar-refractivity contribution in [3.8, 4) is 0 Å². The van der Waals surface area contributed by atoms with E-state index in [2.05, 4.69) is 6.58 Å². The van der Waals surface area contributed by atoms with Gasteiger partial charge in [0.2, 0.25) is 5.79 Å². The second-order valence-corrected chi connectivity index (χ2v) is 9.58. The maximum absolute atomic E-state index is 12.4. The lowest BCUT2D eigenvalue weighted by Crippen LogP contribution is -2.50. The van der Waals surface area contributed by atoms with Crippen LogP contribution in [0.2, 0.25) is 0 Å². The summed E-state index contributed by atoms with van der Waals surface area (Å²) in [6, 6.07) is 0. The summed E-state index contributed by atoms with van der Waals surface area (Å²) in [5.41, 5.74) is -1.97. The summed E-state index contributed by atoms with van der Waals surface area (Å²) < 4.78 is 22.8. The molecule has 5 rings (SSSR count). The molecule has 3 saturated heterocycles. The summed E-state index contributed by atoms with van der Waals surface area (Å²) in [7, 11) is 0. The highest BCUT2D eigenvalue weighted by Crippen LogP contribution is 2.70. The molecule has 9 atom stereocenters. The smallest absolute Gasteiger partial charge is 0.334 e. The van der Waals surface area contributed by atoms with Gasteiger partial charge in [-0.1, -0.05) is 20.4 Å². The van der Waals surface area contributed by atoms with Crippen molar-refractivity contribution in [1.82, 2.24) is 0 Å². The molecule has 8 heteroatoms. The van der Waals surface area contributed by atoms with E-state index >= 15 is 0 Å². The van der Waals surface area contributed by atoms with Crippen molar-refractivity contribution >= 4 is 11.9 Å². The number of rotatable bonds is 3. The summed E-state index contributed by atoms with van der Waals surface area (Å²) in [6.45, 7) is 9.43. The van der Waals surface area contributed by atoms with E-state index in [4.69, 9.17) is 18.9 Å². The number of carbonyl (C=O) groups is 2. The third-order valence-electron chi connectivity index (χ3n) is 7.24. The first-order chi connectivity index (χ1) is 13.0. The number of hydrogen-bond acceptors (Lipinski definition) is 8. The number of esters is 2. The zero-order valence-corrected chi connectivity index (χ0v) is 16.2. The first-order valence-electron chi connectivity index (χ1n) is 9.87. The lowest BCUT2D eigenvalue weighted by atomic mass is 9.74. The predicted molar refractivity (Wildman–Crippen MR) is 92.6 cm³/mol. The van der Waals surface area contributed by atoms with Crippen molar-refractivity contribution in [1.29, 1.82) is 0 Å². The first kappa shape index (κ1) is 18.5. The Bertz CT molecular complexity index is 778. The summed E-state index contributed by atoms with van der Waals surface area (Å²) in [4.78, 5) is 24.8. The number of hydrogen-bond donors (Lipinski definition) is 2. The maximum atomic E-state index is 12.4. The van der Waals surface area contributed by atoms with Crippen LogP contribution in [0.15, 0.2) is 12.2 Å². The van der Waals surface area contributed by atoms with Crippen LogP contribution in [-0.2, 0) is 28.5 Å². The largest absolute Gasteiger partial charge is 0.461 e. The van der Waals surface area contributed by atoms with Gasteiger partial charge in [-0.3, -0.25) is 4.79 Å². The van der Waals surface area contributed by atoms with E-state index in [1.807, 2.05) is 20.8 Å². The normalized spacial score (nSPS) is 53.4. The molecule has 5 aliphatic rings. The van der Waals surface area contributed by atoms with Crippen LogP contribution in [0.5, 0.6) is 0 Å². The van der Waals surface area contributed by atoms with Crippen LogP contribution in [-0.4, -0.2) is 64.1 Å². The van der Waals surface area contributed by atoms with E-state index in [9.17, 15) is 19.8 Å². The Morgan fingerprint density at radius 1 is 1.39 bits per heavy atom. The number of aliphatic hydroxyl groups is 2. The molecule has 0 aromatic carbocycles. The summed E-state index contributed by atoms with van der Waals surface area (Å²) in [5.74, 6) is -4.26. The number of epoxide rings is 1. The second kappa shape index (κ2) is 5.36. The Balaban J connectivity index is 1.56. The molecular weight excluding hydrogens is 368 g/mol. The van der Waals surface area contributed by atoms with Crippen LogP contribution in [0.1, 0.15) is 33.6 Å². The van der Waals surface area contributed by atoms with Gasteiger partial charge in [0, 0.05) is 24.3 Å². The summed E-state index contributed by atoms with van der Waals surface area (Å²) >= 11 is 0. The van der Waals surface area contributed by atoms with Crippen LogP contribution in [0.4, 0.5) is 0 Å². The molecule has 0 amide bonds. The second-order valence-electron chi connectivity index (χ2n) is 9.58. The molecule has 28 heavy (non-hydrogen) atoms. The van der Waals surface area contributed by atoms with Gasteiger partial charge in [-0.15, -0.1) is 0 Å². The van der Waals surface area contributed by atoms with E-state index in [1.165, 1.54) is 0 Å². The highest BCUT2D eigenvalue weighted by atomic mass is 16.7. The average molecular weight is 394 g/mol. The molecule has 3 heterocycles. The predicted octanol–water partition coefficient (Wildman–Crippen LogP) is 0.299. The van der Waals surface area contributed by atoms with E-state index in [-0.39, 0.29) is 30.9 Å². The summed E-state index contributed by atoms with van der Waals surface area (Å²) in [6.07, 6.45) is -1.82. The molecule has 0 radical (unpaired) electrons. The van der Waals surface area contributed by atoms with Crippen LogP contribution in [0.3, 0.4) is 0 Å². The van der Waals surface area contributed by atoms with Gasteiger partial charge >= 0.3 is 11.9 Å². The van der Waals surface area contributed by atoms with E-state index in [0.29, 0.717) is 0 Å². The van der Waals surface area contributed by atoms with E-state index in [0.717, 1.165) is 0 Å². The van der Waals surface area contributed by atoms with Gasteiger partial charge in [0.05, 0.1) is 18.4 Å². The van der Waals surface area contributed by atoms with Crippen LogP contribution in [0.25, 0.3) is 0 Å². The highest BCUT2D eigenvalue weighted by Gasteiger charge is 2.87. The number of carbonyl (C=O) groups excluding carboxylic acids is 2. The molecule has 5 fully saturated rings. The molecule has 0 aromatic heterocycles. The van der Waals surface area contributed by atoms with Crippen molar-refractivity contribution in [2.45, 2.75) is 68.9 Å². The molecule has 0 spiro atoms. The molecule has 0 aromatic rings. The van der Waals surface area contributed by atoms with E-state index < -0.39 is 65.0 Å². The molecule has 0 unspecified atom stereocenters. The number of ether oxygens (including phenoxy) is 4. The molecule has 8 nitrogen and oxygen atoms in total. The van der Waals surface area contributed by atoms with Crippen molar-refractivity contribution in [3.05, 3.63) is 12.2 Å². The topological polar surface area (TPSA) is 115 Å². The molecule has 154 valence electrons. The third-order valence-corrected chi connectivity index (χ3v) is 7.24. The Hall–Kier alpha value is -1.48. The van der Waals surface area contributed by atoms with Gasteiger partial charge in [0.1, 0.15) is 29.5 Å². The monoisotopic (exact) mass is 394 g/mol. The lowest BCUT2D eigenvalue weighted by Gasteiger charge is -2.36. The van der Waals surface area contributed by atoms with Crippen LogP contribution < -0.4 is 0 Å². The Kier molecular flexibility index (Phi) is 3.55. The maximum Gasteiger partial charge on any atom is 0.334 e. The fourth-order valence-electron chi connectivity index (χ4n) is 6.12. The van der Waals surface area contributed by atoms with Crippen molar-refractivity contribution < 1.29 is 38.7 Å². The van der Waals surface area contributed by atoms with Crippen LogP contribution in [0, 0.1) is 23.7 Å². The molecule has 3 aliphatic heterocycles. The molecule has 2 saturated carbocycles. The van der Waals surface area contributed by atoms with Gasteiger partial charge in [0.25, 0.3) is 0 Å². The van der Waals surface area contributed by atoms with Gasteiger partial charge in [-0.05, 0) is 12.8 Å². The van der Waals surface area contributed by atoms with Crippen molar-refractivity contribution in [3.63, 3.8) is 0 Å². The minimum absolute atomic E-state index is 0.0416. The minimum Gasteiger partial charge on any atom is -0.461 e. The average Bonchev–Trinajstić information content (AvgIpc) is 3.06. The van der Waals surface area contributed by atoms with E-state index in [1.54, 1.807) is 0 Å². The molecule has 0 bridgehead atoms. The van der Waals surface area contributed by atoms with Crippen molar-refractivity contribution in [2.75, 3.05) is 6.61 Å².